The van der Waals surface area contributed by atoms with Crippen LogP contribution < -0.4 is 0 Å². The van der Waals surface area contributed by atoms with Crippen LogP contribution in [0.2, 0.25) is 0 Å². The summed E-state index contributed by atoms with van der Waals surface area (Å²) >= 11 is 1.77. The summed E-state index contributed by atoms with van der Waals surface area (Å²) in [6.45, 7) is 6.22. The summed E-state index contributed by atoms with van der Waals surface area (Å²) in [4.78, 5) is 27.8. The van der Waals surface area contributed by atoms with Crippen molar-refractivity contribution in [2.75, 3.05) is 0 Å². The minimum Gasteiger partial charge on any atom is -0.462 e. The highest BCUT2D eigenvalue weighted by Gasteiger charge is 2.60. The van der Waals surface area contributed by atoms with E-state index >= 15 is 0 Å². The van der Waals surface area contributed by atoms with E-state index in [1.54, 1.807) is 11.3 Å². The van der Waals surface area contributed by atoms with E-state index in [9.17, 15) is 9.59 Å². The molecule has 0 radical (unpaired) electrons. The Kier molecular flexibility index (Phi) is 5.87. The molecule has 188 valence electrons. The van der Waals surface area contributed by atoms with Crippen LogP contribution >= 0.6 is 11.3 Å². The molecule has 0 N–H and O–H groups in total. The standard InChI is InChI=1S/C32H36O3S/c1-20(33)35-24-13-15-31(2)23(19-24)9-11-26-27(31)14-16-32(3)28(26)18-22(30(32)34)17-25-10-12-29(36-25)21-7-5-4-6-8-21/h4-10,12,17,24,26-28H,11,13-16,18-19H2,1-3H3/b22-17+. The van der Waals surface area contributed by atoms with Gasteiger partial charge in [-0.05, 0) is 91.0 Å². The van der Waals surface area contributed by atoms with Gasteiger partial charge in [0.25, 0.3) is 0 Å². The molecule has 4 aliphatic carbocycles. The molecule has 3 saturated carbocycles. The first-order valence-corrected chi connectivity index (χ1v) is 14.4. The topological polar surface area (TPSA) is 43.4 Å². The Bertz CT molecular complexity index is 1250. The van der Waals surface area contributed by atoms with Crippen molar-refractivity contribution >= 4 is 29.2 Å². The molecule has 0 saturated heterocycles. The average molecular weight is 501 g/mol. The third-order valence-corrected chi connectivity index (χ3v) is 11.1. The molecule has 1 heterocycles. The summed E-state index contributed by atoms with van der Waals surface area (Å²) < 4.78 is 5.59. The van der Waals surface area contributed by atoms with Gasteiger partial charge in [0.15, 0.2) is 5.78 Å². The summed E-state index contributed by atoms with van der Waals surface area (Å²) in [6.07, 6.45) is 11.7. The van der Waals surface area contributed by atoms with Crippen LogP contribution in [0.15, 0.2) is 59.7 Å². The zero-order valence-corrected chi connectivity index (χ0v) is 22.4. The number of hydrogen-bond acceptors (Lipinski definition) is 4. The Labute approximate surface area is 218 Å². The van der Waals surface area contributed by atoms with Gasteiger partial charge in [-0.1, -0.05) is 55.8 Å². The lowest BCUT2D eigenvalue weighted by atomic mass is 9.48. The molecule has 0 spiro atoms. The van der Waals surface area contributed by atoms with E-state index in [1.807, 2.05) is 6.07 Å². The lowest BCUT2D eigenvalue weighted by Gasteiger charge is -2.56. The van der Waals surface area contributed by atoms with Crippen molar-refractivity contribution < 1.29 is 14.3 Å². The first-order chi connectivity index (χ1) is 17.3. The molecule has 36 heavy (non-hydrogen) atoms. The van der Waals surface area contributed by atoms with Crippen molar-refractivity contribution in [1.82, 2.24) is 0 Å². The normalized spacial score (nSPS) is 36.6. The number of hydrogen-bond donors (Lipinski definition) is 0. The van der Waals surface area contributed by atoms with E-state index in [-0.39, 0.29) is 22.9 Å². The van der Waals surface area contributed by atoms with E-state index in [1.165, 1.54) is 27.8 Å². The number of esters is 1. The second-order valence-electron chi connectivity index (χ2n) is 12.0. The molecule has 3 fully saturated rings. The molecular weight excluding hydrogens is 464 g/mol. The number of carbonyl (C=O) groups is 2. The molecule has 4 aliphatic rings. The Hall–Kier alpha value is -2.46. The maximum atomic E-state index is 13.8. The van der Waals surface area contributed by atoms with Crippen LogP contribution in [0.5, 0.6) is 0 Å². The van der Waals surface area contributed by atoms with Gasteiger partial charge >= 0.3 is 5.97 Å². The zero-order chi connectivity index (χ0) is 25.1. The van der Waals surface area contributed by atoms with Crippen LogP contribution in [0.4, 0.5) is 0 Å². The zero-order valence-electron chi connectivity index (χ0n) is 21.6. The molecule has 0 bridgehead atoms. The molecular formula is C32H36O3S. The van der Waals surface area contributed by atoms with Crippen molar-refractivity contribution in [3.05, 3.63) is 64.6 Å². The van der Waals surface area contributed by atoms with Crippen LogP contribution in [0, 0.1) is 28.6 Å². The van der Waals surface area contributed by atoms with E-state index < -0.39 is 0 Å². The van der Waals surface area contributed by atoms with E-state index in [2.05, 4.69) is 62.4 Å². The first kappa shape index (κ1) is 23.9. The van der Waals surface area contributed by atoms with Crippen molar-refractivity contribution in [2.45, 2.75) is 71.8 Å². The molecule has 2 aromatic rings. The number of allylic oxidation sites excluding steroid dienone is 2. The molecule has 4 heteroatoms. The van der Waals surface area contributed by atoms with Gasteiger partial charge in [0, 0.05) is 28.5 Å². The minimum absolute atomic E-state index is 0.0291. The Morgan fingerprint density at radius 1 is 1.00 bits per heavy atom. The van der Waals surface area contributed by atoms with Crippen LogP contribution in [0.25, 0.3) is 16.5 Å². The highest BCUT2D eigenvalue weighted by Crippen LogP contribution is 2.65. The first-order valence-electron chi connectivity index (χ1n) is 13.6. The number of carbonyl (C=O) groups excluding carboxylic acids is 2. The fourth-order valence-electron chi connectivity index (χ4n) is 8.12. The van der Waals surface area contributed by atoms with Crippen molar-refractivity contribution in [1.29, 1.82) is 0 Å². The molecule has 0 amide bonds. The number of benzene rings is 1. The van der Waals surface area contributed by atoms with E-state index in [4.69, 9.17) is 4.74 Å². The van der Waals surface area contributed by atoms with Crippen molar-refractivity contribution in [2.24, 2.45) is 28.6 Å². The van der Waals surface area contributed by atoms with Gasteiger partial charge in [-0.3, -0.25) is 9.59 Å². The number of ether oxygens (including phenoxy) is 1. The van der Waals surface area contributed by atoms with Gasteiger partial charge in [-0.15, -0.1) is 11.3 Å². The van der Waals surface area contributed by atoms with Gasteiger partial charge in [-0.2, -0.15) is 0 Å². The Morgan fingerprint density at radius 3 is 2.56 bits per heavy atom. The third-order valence-electron chi connectivity index (χ3n) is 10.0. The van der Waals surface area contributed by atoms with Crippen molar-refractivity contribution in [3.8, 4) is 10.4 Å². The molecule has 6 atom stereocenters. The lowest BCUT2D eigenvalue weighted by Crippen LogP contribution is -2.50. The summed E-state index contributed by atoms with van der Waals surface area (Å²) in [7, 11) is 0. The second kappa shape index (κ2) is 8.83. The van der Waals surface area contributed by atoms with Gasteiger partial charge < -0.3 is 4.74 Å². The number of ketones is 1. The summed E-state index contributed by atoms with van der Waals surface area (Å²) in [6, 6.07) is 14.8. The number of rotatable bonds is 3. The second-order valence-corrected chi connectivity index (χ2v) is 13.1. The summed E-state index contributed by atoms with van der Waals surface area (Å²) in [5.41, 5.74) is 3.70. The predicted molar refractivity (Wildman–Crippen MR) is 145 cm³/mol. The summed E-state index contributed by atoms with van der Waals surface area (Å²) in [5, 5.41) is 0. The van der Waals surface area contributed by atoms with E-state index in [0.29, 0.717) is 23.5 Å². The molecule has 6 rings (SSSR count). The van der Waals surface area contributed by atoms with Crippen LogP contribution in [-0.4, -0.2) is 17.9 Å². The van der Waals surface area contributed by atoms with Crippen LogP contribution in [0.3, 0.4) is 0 Å². The predicted octanol–water partition coefficient (Wildman–Crippen LogP) is 7.87. The molecule has 1 aromatic carbocycles. The summed E-state index contributed by atoms with van der Waals surface area (Å²) in [5.74, 6) is 1.81. The smallest absolute Gasteiger partial charge is 0.302 e. The van der Waals surface area contributed by atoms with E-state index in [0.717, 1.165) is 50.5 Å². The van der Waals surface area contributed by atoms with Gasteiger partial charge in [0.1, 0.15) is 6.10 Å². The quantitative estimate of drug-likeness (QED) is 0.245. The molecule has 1 aromatic heterocycles. The van der Waals surface area contributed by atoms with Gasteiger partial charge in [-0.25, -0.2) is 0 Å². The lowest BCUT2D eigenvalue weighted by molar-refractivity contribution is -0.148. The average Bonchev–Trinajstić information content (AvgIpc) is 3.43. The third kappa shape index (κ3) is 3.84. The van der Waals surface area contributed by atoms with Crippen LogP contribution in [-0.2, 0) is 14.3 Å². The van der Waals surface area contributed by atoms with Crippen LogP contribution in [0.1, 0.15) is 70.6 Å². The Balaban J connectivity index is 1.25. The molecule has 6 unspecified atom stereocenters. The SMILES string of the molecule is CC(=O)OC1CCC2(C)C(=CCC3C4C/C(=C\c5ccc(-c6ccccc6)s5)C(=O)C4(C)CCC32)C1. The number of thiophene rings is 1. The highest BCUT2D eigenvalue weighted by molar-refractivity contribution is 7.16. The monoisotopic (exact) mass is 500 g/mol. The molecule has 3 nitrogen and oxygen atoms in total. The van der Waals surface area contributed by atoms with Gasteiger partial charge in [0.05, 0.1) is 0 Å². The van der Waals surface area contributed by atoms with Crippen molar-refractivity contribution in [3.63, 3.8) is 0 Å². The number of fused-ring (bicyclic) bond motifs is 5. The highest BCUT2D eigenvalue weighted by atomic mass is 32.1. The molecule has 0 aliphatic heterocycles. The maximum Gasteiger partial charge on any atom is 0.302 e. The fourth-order valence-corrected chi connectivity index (χ4v) is 9.10. The van der Waals surface area contributed by atoms with Gasteiger partial charge in [0.2, 0.25) is 0 Å². The maximum absolute atomic E-state index is 13.8. The fraction of sp³-hybridized carbons (Fsp3) is 0.500. The Morgan fingerprint density at radius 2 is 1.78 bits per heavy atom. The largest absolute Gasteiger partial charge is 0.462 e. The number of Topliss-reactive ketones (excluding diaryl/α,β-unsaturated/α-hetero) is 1. The minimum atomic E-state index is -0.233.